The molecule has 4 nitrogen and oxygen atoms in total. The van der Waals surface area contributed by atoms with Crippen LogP contribution in [-0.2, 0) is 9.59 Å². The first-order chi connectivity index (χ1) is 7.87. The van der Waals surface area contributed by atoms with Crippen molar-refractivity contribution in [2.24, 2.45) is 17.3 Å². The van der Waals surface area contributed by atoms with Crippen molar-refractivity contribution in [1.29, 1.82) is 0 Å². The predicted octanol–water partition coefficient (Wildman–Crippen LogP) is 2.04. The Morgan fingerprint density at radius 3 is 2.29 bits per heavy atom. The van der Waals surface area contributed by atoms with E-state index in [1.54, 1.807) is 0 Å². The summed E-state index contributed by atoms with van der Waals surface area (Å²) in [4.78, 5) is 22.9. The third-order valence-corrected chi connectivity index (χ3v) is 3.81. The summed E-state index contributed by atoms with van der Waals surface area (Å²) >= 11 is 0. The minimum absolute atomic E-state index is 0.0655. The van der Waals surface area contributed by atoms with Crippen molar-refractivity contribution in [2.75, 3.05) is 6.54 Å². The van der Waals surface area contributed by atoms with Gasteiger partial charge in [-0.3, -0.25) is 9.59 Å². The van der Waals surface area contributed by atoms with Gasteiger partial charge in [-0.15, -0.1) is 0 Å². The molecule has 0 aromatic heterocycles. The molecule has 2 N–H and O–H groups in total. The second kappa shape index (κ2) is 5.52. The quantitative estimate of drug-likeness (QED) is 0.791. The van der Waals surface area contributed by atoms with E-state index >= 15 is 0 Å². The smallest absolute Gasteiger partial charge is 0.311 e. The molecular formula is C13H23NO3. The SMILES string of the molecule is CC1CCC(CNC(=O)C(C)C)(C(=O)O)CC1. The van der Waals surface area contributed by atoms with Gasteiger partial charge in [0, 0.05) is 12.5 Å². The molecule has 4 heteroatoms. The summed E-state index contributed by atoms with van der Waals surface area (Å²) in [5.74, 6) is -0.329. The molecule has 0 atom stereocenters. The molecule has 0 aliphatic heterocycles. The Hall–Kier alpha value is -1.06. The number of nitrogens with one attached hydrogen (secondary N) is 1. The van der Waals surface area contributed by atoms with Crippen LogP contribution in [0, 0.1) is 17.3 Å². The summed E-state index contributed by atoms with van der Waals surface area (Å²) in [6.45, 7) is 6.04. The molecule has 1 rings (SSSR count). The number of carboxylic acid groups (broad SMARTS) is 1. The fourth-order valence-corrected chi connectivity index (χ4v) is 2.24. The molecule has 1 fully saturated rings. The van der Waals surface area contributed by atoms with E-state index in [9.17, 15) is 14.7 Å². The Bertz CT molecular complexity index is 291. The number of rotatable bonds is 4. The maximum Gasteiger partial charge on any atom is 0.311 e. The van der Waals surface area contributed by atoms with Gasteiger partial charge in [0.25, 0.3) is 0 Å². The van der Waals surface area contributed by atoms with Gasteiger partial charge in [-0.05, 0) is 31.6 Å². The highest BCUT2D eigenvalue weighted by Gasteiger charge is 2.41. The van der Waals surface area contributed by atoms with Crippen LogP contribution in [0.5, 0.6) is 0 Å². The fourth-order valence-electron chi connectivity index (χ4n) is 2.24. The summed E-state index contributed by atoms with van der Waals surface area (Å²) < 4.78 is 0. The molecule has 98 valence electrons. The van der Waals surface area contributed by atoms with Crippen LogP contribution < -0.4 is 5.32 Å². The lowest BCUT2D eigenvalue weighted by atomic mass is 9.70. The number of hydrogen-bond donors (Lipinski definition) is 2. The van der Waals surface area contributed by atoms with Gasteiger partial charge >= 0.3 is 5.97 Å². The lowest BCUT2D eigenvalue weighted by Gasteiger charge is -2.36. The van der Waals surface area contributed by atoms with Crippen molar-refractivity contribution in [3.8, 4) is 0 Å². The number of carbonyl (C=O) groups excluding carboxylic acids is 1. The summed E-state index contributed by atoms with van der Waals surface area (Å²) in [7, 11) is 0. The van der Waals surface area contributed by atoms with E-state index in [-0.39, 0.29) is 18.4 Å². The van der Waals surface area contributed by atoms with Crippen LogP contribution in [0.4, 0.5) is 0 Å². The summed E-state index contributed by atoms with van der Waals surface area (Å²) in [6, 6.07) is 0. The molecule has 0 saturated heterocycles. The van der Waals surface area contributed by atoms with Gasteiger partial charge in [0.05, 0.1) is 5.41 Å². The van der Waals surface area contributed by atoms with Gasteiger partial charge in [-0.25, -0.2) is 0 Å². The molecule has 1 amide bonds. The second-order valence-corrected chi connectivity index (χ2v) is 5.64. The van der Waals surface area contributed by atoms with Crippen molar-refractivity contribution in [3.05, 3.63) is 0 Å². The molecule has 1 aliphatic rings. The lowest BCUT2D eigenvalue weighted by Crippen LogP contribution is -2.46. The maximum atomic E-state index is 11.5. The van der Waals surface area contributed by atoms with E-state index < -0.39 is 11.4 Å². The highest BCUT2D eigenvalue weighted by molar-refractivity contribution is 5.80. The predicted molar refractivity (Wildman–Crippen MR) is 65.5 cm³/mol. The molecule has 0 aromatic carbocycles. The molecule has 0 spiro atoms. The van der Waals surface area contributed by atoms with Gasteiger partial charge in [-0.2, -0.15) is 0 Å². The zero-order valence-corrected chi connectivity index (χ0v) is 11.0. The summed E-state index contributed by atoms with van der Waals surface area (Å²) in [5.41, 5.74) is -0.739. The standard InChI is InChI=1S/C13H23NO3/c1-9(2)11(15)14-8-13(12(16)17)6-4-10(3)5-7-13/h9-10H,4-8H2,1-3H3,(H,14,15)(H,16,17). The Kier molecular flexibility index (Phi) is 4.54. The van der Waals surface area contributed by atoms with Crippen LogP contribution >= 0.6 is 0 Å². The van der Waals surface area contributed by atoms with Crippen molar-refractivity contribution < 1.29 is 14.7 Å². The number of carbonyl (C=O) groups is 2. The van der Waals surface area contributed by atoms with E-state index in [1.165, 1.54) is 0 Å². The highest BCUT2D eigenvalue weighted by atomic mass is 16.4. The van der Waals surface area contributed by atoms with Crippen molar-refractivity contribution in [1.82, 2.24) is 5.32 Å². The first-order valence-electron chi connectivity index (χ1n) is 6.38. The average Bonchev–Trinajstić information content (AvgIpc) is 2.27. The van der Waals surface area contributed by atoms with Crippen molar-refractivity contribution in [3.63, 3.8) is 0 Å². The van der Waals surface area contributed by atoms with Gasteiger partial charge in [0.2, 0.25) is 5.91 Å². The Labute approximate surface area is 103 Å². The van der Waals surface area contributed by atoms with Gasteiger partial charge < -0.3 is 10.4 Å². The number of carboxylic acids is 1. The molecule has 0 bridgehead atoms. The topological polar surface area (TPSA) is 66.4 Å². The first kappa shape index (κ1) is 14.0. The van der Waals surface area contributed by atoms with Crippen LogP contribution in [0.15, 0.2) is 0 Å². The van der Waals surface area contributed by atoms with Crippen LogP contribution in [0.3, 0.4) is 0 Å². The zero-order valence-electron chi connectivity index (χ0n) is 11.0. The second-order valence-electron chi connectivity index (χ2n) is 5.64. The highest BCUT2D eigenvalue weighted by Crippen LogP contribution is 2.38. The van der Waals surface area contributed by atoms with E-state index in [4.69, 9.17) is 0 Å². The average molecular weight is 241 g/mol. The van der Waals surface area contributed by atoms with E-state index in [1.807, 2.05) is 13.8 Å². The molecule has 1 aliphatic carbocycles. The van der Waals surface area contributed by atoms with Crippen LogP contribution in [0.1, 0.15) is 46.5 Å². The molecule has 0 radical (unpaired) electrons. The number of hydrogen-bond acceptors (Lipinski definition) is 2. The zero-order chi connectivity index (χ0) is 13.1. The Morgan fingerprint density at radius 2 is 1.88 bits per heavy atom. The monoisotopic (exact) mass is 241 g/mol. The van der Waals surface area contributed by atoms with Crippen LogP contribution in [0.2, 0.25) is 0 Å². The van der Waals surface area contributed by atoms with E-state index in [0.717, 1.165) is 12.8 Å². The molecule has 0 unspecified atom stereocenters. The molecule has 0 heterocycles. The van der Waals surface area contributed by atoms with Gasteiger partial charge in [0.15, 0.2) is 0 Å². The summed E-state index contributed by atoms with van der Waals surface area (Å²) in [6.07, 6.45) is 3.21. The summed E-state index contributed by atoms with van der Waals surface area (Å²) in [5, 5.41) is 12.1. The van der Waals surface area contributed by atoms with Crippen molar-refractivity contribution >= 4 is 11.9 Å². The molecular weight excluding hydrogens is 218 g/mol. The van der Waals surface area contributed by atoms with Crippen molar-refractivity contribution in [2.45, 2.75) is 46.5 Å². The van der Waals surface area contributed by atoms with E-state index in [2.05, 4.69) is 12.2 Å². The maximum absolute atomic E-state index is 11.5. The fraction of sp³-hybridized carbons (Fsp3) is 0.846. The third-order valence-electron chi connectivity index (χ3n) is 3.81. The lowest BCUT2D eigenvalue weighted by molar-refractivity contribution is -0.151. The van der Waals surface area contributed by atoms with Gasteiger partial charge in [-0.1, -0.05) is 20.8 Å². The minimum Gasteiger partial charge on any atom is -0.481 e. The molecule has 1 saturated carbocycles. The minimum atomic E-state index is -0.770. The molecule has 17 heavy (non-hydrogen) atoms. The normalized spacial score (nSPS) is 29.1. The number of aliphatic carboxylic acids is 1. The molecule has 0 aromatic rings. The van der Waals surface area contributed by atoms with Crippen LogP contribution in [0.25, 0.3) is 0 Å². The largest absolute Gasteiger partial charge is 0.481 e. The van der Waals surface area contributed by atoms with Crippen LogP contribution in [-0.4, -0.2) is 23.5 Å². The van der Waals surface area contributed by atoms with Gasteiger partial charge in [0.1, 0.15) is 0 Å². The first-order valence-corrected chi connectivity index (χ1v) is 6.38. The number of amides is 1. The third kappa shape index (κ3) is 3.45. The Morgan fingerprint density at radius 1 is 1.35 bits per heavy atom. The van der Waals surface area contributed by atoms with E-state index in [0.29, 0.717) is 18.8 Å². The Balaban J connectivity index is 2.61.